The SMILES string of the molecule is Cc1cccc(CNC(=O)c2c(C)nn(-c3ccccc3)c2Cl)c1. The van der Waals surface area contributed by atoms with Crippen LogP contribution in [0.3, 0.4) is 0 Å². The summed E-state index contributed by atoms with van der Waals surface area (Å²) >= 11 is 6.41. The van der Waals surface area contributed by atoms with E-state index in [1.807, 2.05) is 61.5 Å². The molecule has 1 heterocycles. The first-order valence-corrected chi connectivity index (χ1v) is 8.08. The summed E-state index contributed by atoms with van der Waals surface area (Å²) in [7, 11) is 0. The summed E-state index contributed by atoms with van der Waals surface area (Å²) in [6.45, 7) is 4.26. The third kappa shape index (κ3) is 3.34. The average molecular weight is 340 g/mol. The number of aromatic nitrogens is 2. The minimum atomic E-state index is -0.221. The number of nitrogens with zero attached hydrogens (tertiary/aromatic N) is 2. The van der Waals surface area contributed by atoms with Crippen molar-refractivity contribution in [2.75, 3.05) is 0 Å². The average Bonchev–Trinajstić information content (AvgIpc) is 2.88. The predicted molar refractivity (Wildman–Crippen MR) is 95.7 cm³/mol. The van der Waals surface area contributed by atoms with Gasteiger partial charge in [0.25, 0.3) is 5.91 Å². The second-order valence-corrected chi connectivity index (χ2v) is 6.03. The van der Waals surface area contributed by atoms with E-state index in [0.29, 0.717) is 23.0 Å². The van der Waals surface area contributed by atoms with E-state index in [2.05, 4.69) is 10.4 Å². The van der Waals surface area contributed by atoms with Gasteiger partial charge >= 0.3 is 0 Å². The smallest absolute Gasteiger partial charge is 0.256 e. The van der Waals surface area contributed by atoms with Gasteiger partial charge in [0.05, 0.1) is 16.9 Å². The molecule has 0 spiro atoms. The van der Waals surface area contributed by atoms with Gasteiger partial charge in [0.15, 0.2) is 0 Å². The number of carbonyl (C=O) groups is 1. The van der Waals surface area contributed by atoms with Crippen molar-refractivity contribution >= 4 is 17.5 Å². The largest absolute Gasteiger partial charge is 0.348 e. The van der Waals surface area contributed by atoms with Crippen LogP contribution in [0.4, 0.5) is 0 Å². The summed E-state index contributed by atoms with van der Waals surface area (Å²) in [6, 6.07) is 17.5. The first-order chi connectivity index (χ1) is 11.6. The zero-order valence-corrected chi connectivity index (χ0v) is 14.3. The van der Waals surface area contributed by atoms with Crippen molar-refractivity contribution in [2.45, 2.75) is 20.4 Å². The summed E-state index contributed by atoms with van der Waals surface area (Å²) in [6.07, 6.45) is 0. The van der Waals surface area contributed by atoms with Gasteiger partial charge in [0.2, 0.25) is 0 Å². The number of para-hydroxylation sites is 1. The molecule has 0 aliphatic heterocycles. The van der Waals surface area contributed by atoms with Gasteiger partial charge in [-0.2, -0.15) is 5.10 Å². The van der Waals surface area contributed by atoms with E-state index in [4.69, 9.17) is 11.6 Å². The van der Waals surface area contributed by atoms with Crippen LogP contribution in [0.1, 0.15) is 27.2 Å². The molecule has 0 bridgehead atoms. The number of rotatable bonds is 4. The number of halogens is 1. The van der Waals surface area contributed by atoms with Crippen molar-refractivity contribution in [1.29, 1.82) is 0 Å². The molecule has 2 aromatic carbocycles. The Labute approximate surface area is 146 Å². The summed E-state index contributed by atoms with van der Waals surface area (Å²) in [4.78, 5) is 12.5. The van der Waals surface area contributed by atoms with Crippen LogP contribution in [0, 0.1) is 13.8 Å². The maximum absolute atomic E-state index is 12.5. The van der Waals surface area contributed by atoms with Crippen molar-refractivity contribution in [3.63, 3.8) is 0 Å². The van der Waals surface area contributed by atoms with Crippen LogP contribution < -0.4 is 5.32 Å². The second-order valence-electron chi connectivity index (χ2n) is 5.67. The maximum atomic E-state index is 12.5. The molecule has 1 N–H and O–H groups in total. The van der Waals surface area contributed by atoms with Crippen molar-refractivity contribution < 1.29 is 4.79 Å². The third-order valence-corrected chi connectivity index (χ3v) is 4.12. The molecule has 0 fully saturated rings. The minimum absolute atomic E-state index is 0.221. The standard InChI is InChI=1S/C19H18ClN3O/c1-13-7-6-8-15(11-13)12-21-19(24)17-14(2)22-23(18(17)20)16-9-4-3-5-10-16/h3-11H,12H2,1-2H3,(H,21,24). The molecule has 0 saturated heterocycles. The van der Waals surface area contributed by atoms with E-state index in [1.54, 1.807) is 11.6 Å². The molecule has 0 unspecified atom stereocenters. The number of aryl methyl sites for hydroxylation is 2. The molecular formula is C19H18ClN3O. The lowest BCUT2D eigenvalue weighted by Gasteiger charge is -2.06. The molecule has 0 saturated carbocycles. The van der Waals surface area contributed by atoms with Crippen molar-refractivity contribution in [1.82, 2.24) is 15.1 Å². The van der Waals surface area contributed by atoms with Crippen molar-refractivity contribution in [2.24, 2.45) is 0 Å². The molecule has 24 heavy (non-hydrogen) atoms. The van der Waals surface area contributed by atoms with Gasteiger partial charge in [-0.15, -0.1) is 0 Å². The fourth-order valence-corrected chi connectivity index (χ4v) is 2.95. The Kier molecular flexibility index (Phi) is 4.67. The third-order valence-electron chi connectivity index (χ3n) is 3.77. The van der Waals surface area contributed by atoms with Crippen LogP contribution in [0.2, 0.25) is 5.15 Å². The first kappa shape index (κ1) is 16.3. The fourth-order valence-electron chi connectivity index (χ4n) is 2.59. The zero-order chi connectivity index (χ0) is 17.1. The van der Waals surface area contributed by atoms with Gasteiger partial charge in [-0.1, -0.05) is 59.6 Å². The van der Waals surface area contributed by atoms with E-state index in [-0.39, 0.29) is 5.91 Å². The topological polar surface area (TPSA) is 46.9 Å². The van der Waals surface area contributed by atoms with E-state index in [1.165, 1.54) is 0 Å². The Morgan fingerprint density at radius 3 is 2.58 bits per heavy atom. The highest BCUT2D eigenvalue weighted by molar-refractivity contribution is 6.33. The van der Waals surface area contributed by atoms with Crippen LogP contribution >= 0.6 is 11.6 Å². The van der Waals surface area contributed by atoms with Crippen molar-refractivity contribution in [3.8, 4) is 5.69 Å². The van der Waals surface area contributed by atoms with E-state index in [9.17, 15) is 4.79 Å². The number of carbonyl (C=O) groups excluding carboxylic acids is 1. The molecule has 0 atom stereocenters. The molecule has 1 aromatic heterocycles. The normalized spacial score (nSPS) is 10.6. The number of hydrogen-bond acceptors (Lipinski definition) is 2. The number of benzene rings is 2. The fraction of sp³-hybridized carbons (Fsp3) is 0.158. The Balaban J connectivity index is 1.82. The maximum Gasteiger partial charge on any atom is 0.256 e. The number of hydrogen-bond donors (Lipinski definition) is 1. The van der Waals surface area contributed by atoms with Crippen LogP contribution in [-0.4, -0.2) is 15.7 Å². The highest BCUT2D eigenvalue weighted by Crippen LogP contribution is 2.23. The molecule has 122 valence electrons. The second kappa shape index (κ2) is 6.89. The van der Waals surface area contributed by atoms with Crippen LogP contribution in [0.25, 0.3) is 5.69 Å². The molecule has 5 heteroatoms. The van der Waals surface area contributed by atoms with Gasteiger partial charge < -0.3 is 5.32 Å². The van der Waals surface area contributed by atoms with Crippen LogP contribution in [-0.2, 0) is 6.54 Å². The number of nitrogens with one attached hydrogen (secondary N) is 1. The minimum Gasteiger partial charge on any atom is -0.348 e. The first-order valence-electron chi connectivity index (χ1n) is 7.70. The van der Waals surface area contributed by atoms with Gasteiger partial charge in [-0.3, -0.25) is 4.79 Å². The quantitative estimate of drug-likeness (QED) is 0.778. The van der Waals surface area contributed by atoms with E-state index in [0.717, 1.165) is 16.8 Å². The Bertz CT molecular complexity index is 872. The molecule has 3 rings (SSSR count). The van der Waals surface area contributed by atoms with E-state index < -0.39 is 0 Å². The monoisotopic (exact) mass is 339 g/mol. The molecule has 1 amide bonds. The van der Waals surface area contributed by atoms with Gasteiger partial charge in [0, 0.05) is 6.54 Å². The van der Waals surface area contributed by atoms with Crippen LogP contribution in [0.5, 0.6) is 0 Å². The lowest BCUT2D eigenvalue weighted by molar-refractivity contribution is 0.0950. The Hall–Kier alpha value is -2.59. The highest BCUT2D eigenvalue weighted by atomic mass is 35.5. The van der Waals surface area contributed by atoms with Crippen molar-refractivity contribution in [3.05, 3.63) is 82.1 Å². The molecule has 0 aliphatic rings. The Morgan fingerprint density at radius 1 is 1.12 bits per heavy atom. The van der Waals surface area contributed by atoms with Crippen LogP contribution in [0.15, 0.2) is 54.6 Å². The highest BCUT2D eigenvalue weighted by Gasteiger charge is 2.20. The van der Waals surface area contributed by atoms with Gasteiger partial charge in [0.1, 0.15) is 5.15 Å². The lowest BCUT2D eigenvalue weighted by atomic mass is 10.1. The number of amides is 1. The molecule has 4 nitrogen and oxygen atoms in total. The summed E-state index contributed by atoms with van der Waals surface area (Å²) < 4.78 is 1.58. The predicted octanol–water partition coefficient (Wildman–Crippen LogP) is 4.07. The Morgan fingerprint density at radius 2 is 1.88 bits per heavy atom. The molecular weight excluding hydrogens is 322 g/mol. The van der Waals surface area contributed by atoms with E-state index >= 15 is 0 Å². The lowest BCUT2D eigenvalue weighted by Crippen LogP contribution is -2.23. The summed E-state index contributed by atoms with van der Waals surface area (Å²) in [5.41, 5.74) is 4.04. The molecule has 3 aromatic rings. The molecule has 0 radical (unpaired) electrons. The zero-order valence-electron chi connectivity index (χ0n) is 13.6. The van der Waals surface area contributed by atoms with Gasteiger partial charge in [-0.05, 0) is 31.5 Å². The summed E-state index contributed by atoms with van der Waals surface area (Å²) in [5, 5.41) is 7.63. The summed E-state index contributed by atoms with van der Waals surface area (Å²) in [5.74, 6) is -0.221. The molecule has 0 aliphatic carbocycles. The van der Waals surface area contributed by atoms with Gasteiger partial charge in [-0.25, -0.2) is 4.68 Å².